The summed E-state index contributed by atoms with van der Waals surface area (Å²) in [6.45, 7) is 0. The number of benzene rings is 2. The number of aromatic nitrogens is 1. The summed E-state index contributed by atoms with van der Waals surface area (Å²) >= 11 is 13.6. The Morgan fingerprint density at radius 2 is 1.86 bits per heavy atom. The molecule has 0 aliphatic heterocycles. The van der Waals surface area contributed by atoms with Gasteiger partial charge in [-0.25, -0.2) is 17.7 Å². The first kappa shape index (κ1) is 21.9. The number of sulfonamides is 1. The molecule has 0 fully saturated rings. The third-order valence-corrected chi connectivity index (χ3v) is 7.72. The Morgan fingerprint density at radius 1 is 1.14 bits per heavy atom. The Kier molecular flexibility index (Phi) is 6.40. The zero-order valence-electron chi connectivity index (χ0n) is 16.2. The Bertz CT molecular complexity index is 1230. The zero-order chi connectivity index (χ0) is 21.3. The number of methoxy groups -OCH3 is 1. The molecule has 0 saturated heterocycles. The van der Waals surface area contributed by atoms with E-state index in [9.17, 15) is 8.42 Å². The maximum atomic E-state index is 12.6. The molecule has 0 N–H and O–H groups in total. The number of rotatable bonds is 5. The Balaban J connectivity index is 2.12. The second-order valence-corrected chi connectivity index (χ2v) is 10.1. The molecule has 0 radical (unpaired) electrons. The lowest BCUT2D eigenvalue weighted by atomic mass is 10.2. The Morgan fingerprint density at radius 3 is 2.52 bits per heavy atom. The number of ether oxygens (including phenoxy) is 1. The average Bonchev–Trinajstić information content (AvgIpc) is 3.03. The van der Waals surface area contributed by atoms with Crippen LogP contribution < -0.4 is 9.54 Å². The smallest absolute Gasteiger partial charge is 0.244 e. The van der Waals surface area contributed by atoms with Crippen molar-refractivity contribution in [3.05, 3.63) is 56.6 Å². The molecule has 2 aromatic carbocycles. The number of nitrogens with zero attached hydrogens (tertiary/aromatic N) is 3. The van der Waals surface area contributed by atoms with E-state index in [1.54, 1.807) is 43.5 Å². The summed E-state index contributed by atoms with van der Waals surface area (Å²) in [5.74, 6) is 0.568. The van der Waals surface area contributed by atoms with Gasteiger partial charge in [-0.05, 0) is 24.3 Å². The van der Waals surface area contributed by atoms with E-state index in [0.29, 0.717) is 21.3 Å². The van der Waals surface area contributed by atoms with Gasteiger partial charge < -0.3 is 9.30 Å². The fraction of sp³-hybridized carbons (Fsp3) is 0.211. The van der Waals surface area contributed by atoms with Crippen molar-refractivity contribution in [3.8, 4) is 17.0 Å². The second-order valence-electron chi connectivity index (χ2n) is 6.32. The van der Waals surface area contributed by atoms with Crippen LogP contribution in [0.5, 0.6) is 5.75 Å². The van der Waals surface area contributed by atoms with Crippen LogP contribution in [0, 0.1) is 0 Å². The molecular formula is C19H19Cl2N3O3S2. The molecule has 6 nitrogen and oxygen atoms in total. The van der Waals surface area contributed by atoms with Gasteiger partial charge in [-0.1, -0.05) is 29.3 Å². The van der Waals surface area contributed by atoms with Crippen molar-refractivity contribution in [1.29, 1.82) is 0 Å². The molecule has 0 spiro atoms. The summed E-state index contributed by atoms with van der Waals surface area (Å²) in [6.07, 6.45) is 0. The molecule has 0 atom stereocenters. The van der Waals surface area contributed by atoms with Gasteiger partial charge in [-0.2, -0.15) is 0 Å². The van der Waals surface area contributed by atoms with Crippen molar-refractivity contribution in [2.24, 2.45) is 12.0 Å². The van der Waals surface area contributed by atoms with Crippen LogP contribution >= 0.6 is 34.5 Å². The number of thiazole rings is 1. The normalized spacial score (nSPS) is 12.6. The van der Waals surface area contributed by atoms with Gasteiger partial charge in [0, 0.05) is 43.2 Å². The van der Waals surface area contributed by atoms with Crippen LogP contribution in [0.4, 0.5) is 5.69 Å². The van der Waals surface area contributed by atoms with E-state index in [2.05, 4.69) is 4.99 Å². The maximum absolute atomic E-state index is 12.6. The summed E-state index contributed by atoms with van der Waals surface area (Å²) in [5, 5.41) is 2.65. The third kappa shape index (κ3) is 4.36. The molecule has 0 aliphatic rings. The molecule has 0 unspecified atom stereocenters. The minimum absolute atomic E-state index is 0.0609. The van der Waals surface area contributed by atoms with Crippen molar-refractivity contribution in [2.75, 3.05) is 21.2 Å². The van der Waals surface area contributed by atoms with Crippen LogP contribution in [-0.2, 0) is 17.1 Å². The lowest BCUT2D eigenvalue weighted by Gasteiger charge is -2.14. The summed E-state index contributed by atoms with van der Waals surface area (Å²) < 4.78 is 33.5. The molecule has 3 rings (SSSR count). The van der Waals surface area contributed by atoms with Gasteiger partial charge in [0.1, 0.15) is 16.3 Å². The molecule has 3 aromatic rings. The molecule has 10 heteroatoms. The Labute approximate surface area is 183 Å². The topological polar surface area (TPSA) is 63.9 Å². The summed E-state index contributed by atoms with van der Waals surface area (Å²) in [6, 6.07) is 10.2. The van der Waals surface area contributed by atoms with Gasteiger partial charge in [-0.3, -0.25) is 0 Å². The molecule has 0 aliphatic carbocycles. The van der Waals surface area contributed by atoms with Gasteiger partial charge in [0.05, 0.1) is 17.8 Å². The lowest BCUT2D eigenvalue weighted by Crippen LogP contribution is -2.22. The van der Waals surface area contributed by atoms with E-state index in [1.807, 2.05) is 17.0 Å². The highest BCUT2D eigenvalue weighted by Crippen LogP contribution is 2.31. The fourth-order valence-electron chi connectivity index (χ4n) is 2.64. The van der Waals surface area contributed by atoms with Gasteiger partial charge in [0.15, 0.2) is 4.80 Å². The molecule has 0 saturated carbocycles. The summed E-state index contributed by atoms with van der Waals surface area (Å²) in [4.78, 5) is 5.44. The van der Waals surface area contributed by atoms with Crippen molar-refractivity contribution in [2.45, 2.75) is 4.90 Å². The fourth-order valence-corrected chi connectivity index (χ4v) is 5.11. The van der Waals surface area contributed by atoms with Crippen molar-refractivity contribution >= 4 is 50.2 Å². The van der Waals surface area contributed by atoms with Gasteiger partial charge in [0.2, 0.25) is 10.0 Å². The van der Waals surface area contributed by atoms with Crippen LogP contribution in [0.25, 0.3) is 11.3 Å². The first-order valence-corrected chi connectivity index (χ1v) is 11.5. The molecule has 1 heterocycles. The first-order chi connectivity index (χ1) is 13.6. The van der Waals surface area contributed by atoms with E-state index in [-0.39, 0.29) is 9.92 Å². The van der Waals surface area contributed by atoms with Crippen LogP contribution in [0.3, 0.4) is 0 Å². The maximum Gasteiger partial charge on any atom is 0.244 e. The van der Waals surface area contributed by atoms with Gasteiger partial charge in [0.25, 0.3) is 0 Å². The number of hydrogen-bond acceptors (Lipinski definition) is 5. The van der Waals surface area contributed by atoms with Gasteiger partial charge >= 0.3 is 0 Å². The van der Waals surface area contributed by atoms with Crippen LogP contribution in [0.15, 0.2) is 51.7 Å². The number of hydrogen-bond donors (Lipinski definition) is 0. The molecule has 0 bridgehead atoms. The predicted molar refractivity (Wildman–Crippen MR) is 118 cm³/mol. The second kappa shape index (κ2) is 8.49. The van der Waals surface area contributed by atoms with Crippen molar-refractivity contribution in [3.63, 3.8) is 0 Å². The van der Waals surface area contributed by atoms with Crippen LogP contribution in [-0.4, -0.2) is 38.5 Å². The number of halogens is 2. The van der Waals surface area contributed by atoms with Crippen molar-refractivity contribution in [1.82, 2.24) is 8.87 Å². The standard InChI is InChI=1S/C19H19Cl2N3O3S2/c1-23(2)29(25,26)18-9-12(5-7-14(18)21)16-11-28-19(24(16)3)22-15-8-6-13(20)10-17(15)27-4/h5-11H,1-4H3. The lowest BCUT2D eigenvalue weighted by molar-refractivity contribution is 0.416. The van der Waals surface area contributed by atoms with E-state index < -0.39 is 10.0 Å². The highest BCUT2D eigenvalue weighted by Gasteiger charge is 2.22. The zero-order valence-corrected chi connectivity index (χ0v) is 19.3. The third-order valence-electron chi connectivity index (χ3n) is 4.27. The Hall–Kier alpha value is -1.84. The van der Waals surface area contributed by atoms with Crippen LogP contribution in [0.2, 0.25) is 10.0 Å². The van der Waals surface area contributed by atoms with E-state index in [1.165, 1.54) is 25.4 Å². The molecule has 1 aromatic heterocycles. The summed E-state index contributed by atoms with van der Waals surface area (Å²) in [7, 11) is 2.70. The molecule has 0 amide bonds. The average molecular weight is 472 g/mol. The van der Waals surface area contributed by atoms with Crippen molar-refractivity contribution < 1.29 is 13.2 Å². The quantitative estimate of drug-likeness (QED) is 0.547. The predicted octanol–water partition coefficient (Wildman–Crippen LogP) is 4.55. The van der Waals surface area contributed by atoms with Gasteiger partial charge in [-0.15, -0.1) is 11.3 Å². The first-order valence-electron chi connectivity index (χ1n) is 8.40. The molecule has 29 heavy (non-hydrogen) atoms. The minimum atomic E-state index is -3.66. The monoisotopic (exact) mass is 471 g/mol. The SMILES string of the molecule is COc1cc(Cl)ccc1N=c1scc(-c2ccc(Cl)c(S(=O)(=O)N(C)C)c2)n1C. The minimum Gasteiger partial charge on any atom is -0.494 e. The van der Waals surface area contributed by atoms with Crippen LogP contribution in [0.1, 0.15) is 0 Å². The molecular weight excluding hydrogens is 453 g/mol. The highest BCUT2D eigenvalue weighted by molar-refractivity contribution is 7.89. The van der Waals surface area contributed by atoms with E-state index in [4.69, 9.17) is 27.9 Å². The highest BCUT2D eigenvalue weighted by atomic mass is 35.5. The molecule has 154 valence electrons. The van der Waals surface area contributed by atoms with E-state index >= 15 is 0 Å². The van der Waals surface area contributed by atoms with E-state index in [0.717, 1.165) is 15.6 Å². The summed E-state index contributed by atoms with van der Waals surface area (Å²) in [5.41, 5.74) is 2.18. The largest absolute Gasteiger partial charge is 0.494 e.